The highest BCUT2D eigenvalue weighted by Gasteiger charge is 2.64. The van der Waals surface area contributed by atoms with Gasteiger partial charge < -0.3 is 24.1 Å². The van der Waals surface area contributed by atoms with Gasteiger partial charge in [0.05, 0.1) is 21.8 Å². The maximum atomic E-state index is 15.1. The summed E-state index contributed by atoms with van der Waals surface area (Å²) >= 11 is 0. The fourth-order valence-electron chi connectivity index (χ4n) is 14.9. The van der Waals surface area contributed by atoms with Crippen LogP contribution in [0.4, 0.5) is 0 Å². The number of hydrogen-bond acceptors (Lipinski definition) is 9. The Balaban J connectivity index is 1.18. The second kappa shape index (κ2) is 13.2. The maximum Gasteiger partial charge on any atom is 0.351 e. The summed E-state index contributed by atoms with van der Waals surface area (Å²) in [5, 5.41) is 11.5. The van der Waals surface area contributed by atoms with Crippen molar-refractivity contribution < 1.29 is 43.2 Å². The lowest BCUT2D eigenvalue weighted by Gasteiger charge is -2.63. The van der Waals surface area contributed by atoms with E-state index in [9.17, 15) is 19.5 Å². The standard InChI is InChI=1S/C46H72O9/c1-11-40(8,35(48)55-46(12-2,13-3)43-18-29-14-30(19-43)16-31(15-29)20-43)27-41(9,25-38(4,5)34(47)53-42(10)26-39(6,7)52-37(42)50)36(49)54-45-23-32-17-33(24-45)22-44(51,21-32)28-45/h29-33,51H,11-28H2,1-10H3. The Labute approximate surface area is 330 Å². The van der Waals surface area contributed by atoms with E-state index in [0.717, 1.165) is 64.2 Å². The first-order valence-electron chi connectivity index (χ1n) is 22.0. The molecule has 0 radical (unpaired) electrons. The van der Waals surface area contributed by atoms with Crippen LogP contribution < -0.4 is 0 Å². The van der Waals surface area contributed by atoms with E-state index >= 15 is 4.79 Å². The smallest absolute Gasteiger partial charge is 0.351 e. The third-order valence-corrected chi connectivity index (χ3v) is 16.5. The van der Waals surface area contributed by atoms with Crippen molar-refractivity contribution >= 4 is 23.9 Å². The highest BCUT2D eigenvalue weighted by Crippen LogP contribution is 2.66. The second-order valence-electron chi connectivity index (χ2n) is 22.7. The van der Waals surface area contributed by atoms with Gasteiger partial charge in [0.15, 0.2) is 0 Å². The molecule has 9 heteroatoms. The molecular weight excluding hydrogens is 696 g/mol. The molecule has 8 saturated carbocycles. The summed E-state index contributed by atoms with van der Waals surface area (Å²) in [6.07, 6.45) is 14.0. The number of rotatable bonds is 14. The summed E-state index contributed by atoms with van der Waals surface area (Å²) in [6.45, 7) is 18.8. The first-order chi connectivity index (χ1) is 25.4. The molecule has 0 aromatic heterocycles. The highest BCUT2D eigenvalue weighted by atomic mass is 16.6. The van der Waals surface area contributed by atoms with E-state index < -0.39 is 62.2 Å². The Morgan fingerprint density at radius 2 is 1.20 bits per heavy atom. The number of carbonyl (C=O) groups excluding carboxylic acids is 4. The minimum Gasteiger partial charge on any atom is -0.459 e. The molecule has 1 N–H and O–H groups in total. The molecular formula is C46H72O9. The van der Waals surface area contributed by atoms with Crippen molar-refractivity contribution in [2.24, 2.45) is 51.2 Å². The SMILES string of the molecule is CCC(C)(CC(C)(CC(C)(C)C(=O)OC1(C)CC(C)(C)OC1=O)C(=O)OC12CC3CC(CC(O)(C3)C1)C2)C(=O)OC(CC)(CC)C12CC3CC(CC(C3)C1)C2. The first kappa shape index (κ1) is 41.0. The van der Waals surface area contributed by atoms with Crippen LogP contribution in [0.25, 0.3) is 0 Å². The van der Waals surface area contributed by atoms with Crippen LogP contribution in [0, 0.1) is 51.2 Å². The van der Waals surface area contributed by atoms with E-state index in [0.29, 0.717) is 42.4 Å². The molecule has 5 atom stereocenters. The van der Waals surface area contributed by atoms with Gasteiger partial charge >= 0.3 is 23.9 Å². The molecule has 0 aromatic rings. The second-order valence-corrected chi connectivity index (χ2v) is 22.7. The lowest BCUT2D eigenvalue weighted by molar-refractivity contribution is -0.230. The molecule has 0 amide bonds. The number of hydrogen-bond donors (Lipinski definition) is 1. The molecule has 1 saturated heterocycles. The van der Waals surface area contributed by atoms with Gasteiger partial charge in [0.1, 0.15) is 16.8 Å². The van der Waals surface area contributed by atoms with Crippen molar-refractivity contribution in [3.8, 4) is 0 Å². The Morgan fingerprint density at radius 1 is 0.673 bits per heavy atom. The lowest BCUT2D eigenvalue weighted by Crippen LogP contribution is -2.61. The molecule has 9 aliphatic rings. The fraction of sp³-hybridized carbons (Fsp3) is 0.913. The molecule has 8 aliphatic carbocycles. The predicted octanol–water partition coefficient (Wildman–Crippen LogP) is 9.19. The minimum absolute atomic E-state index is 0.0195. The summed E-state index contributed by atoms with van der Waals surface area (Å²) in [7, 11) is 0. The number of aliphatic hydroxyl groups is 1. The minimum atomic E-state index is -1.45. The van der Waals surface area contributed by atoms with Crippen molar-refractivity contribution in [2.75, 3.05) is 0 Å². The molecule has 0 spiro atoms. The average Bonchev–Trinajstić information content (AvgIpc) is 3.25. The summed E-state index contributed by atoms with van der Waals surface area (Å²) in [6, 6.07) is 0. The van der Waals surface area contributed by atoms with Crippen LogP contribution in [0.5, 0.6) is 0 Å². The summed E-state index contributed by atoms with van der Waals surface area (Å²) in [4.78, 5) is 57.2. The molecule has 9 rings (SSSR count). The van der Waals surface area contributed by atoms with E-state index in [-0.39, 0.29) is 30.6 Å². The molecule has 1 heterocycles. The molecule has 0 aromatic carbocycles. The quantitative estimate of drug-likeness (QED) is 0.136. The van der Waals surface area contributed by atoms with Gasteiger partial charge in [-0.1, -0.05) is 20.8 Å². The summed E-state index contributed by atoms with van der Waals surface area (Å²) in [5.41, 5.74) is -8.03. The van der Waals surface area contributed by atoms with Crippen LogP contribution >= 0.6 is 0 Å². The summed E-state index contributed by atoms with van der Waals surface area (Å²) < 4.78 is 25.2. The van der Waals surface area contributed by atoms with Gasteiger partial charge in [0.2, 0.25) is 5.60 Å². The largest absolute Gasteiger partial charge is 0.459 e. The van der Waals surface area contributed by atoms with Gasteiger partial charge in [0.25, 0.3) is 0 Å². The van der Waals surface area contributed by atoms with Crippen LogP contribution in [-0.4, -0.2) is 57.0 Å². The van der Waals surface area contributed by atoms with Crippen molar-refractivity contribution in [3.05, 3.63) is 0 Å². The van der Waals surface area contributed by atoms with Gasteiger partial charge in [-0.15, -0.1) is 0 Å². The van der Waals surface area contributed by atoms with E-state index in [1.165, 1.54) is 19.3 Å². The molecule has 8 bridgehead atoms. The van der Waals surface area contributed by atoms with Crippen molar-refractivity contribution in [2.45, 2.75) is 213 Å². The van der Waals surface area contributed by atoms with E-state index in [2.05, 4.69) is 13.8 Å². The number of esters is 4. The lowest BCUT2D eigenvalue weighted by atomic mass is 9.44. The van der Waals surface area contributed by atoms with E-state index in [1.807, 2.05) is 20.8 Å². The van der Waals surface area contributed by atoms with Crippen molar-refractivity contribution in [1.82, 2.24) is 0 Å². The van der Waals surface area contributed by atoms with Gasteiger partial charge in [-0.25, -0.2) is 4.79 Å². The monoisotopic (exact) mass is 769 g/mol. The van der Waals surface area contributed by atoms with Crippen LogP contribution in [0.1, 0.15) is 185 Å². The van der Waals surface area contributed by atoms with E-state index in [4.69, 9.17) is 18.9 Å². The van der Waals surface area contributed by atoms with Crippen LogP contribution in [0.15, 0.2) is 0 Å². The number of carbonyl (C=O) groups is 4. The molecule has 9 fully saturated rings. The Morgan fingerprint density at radius 3 is 1.65 bits per heavy atom. The van der Waals surface area contributed by atoms with Gasteiger partial charge in [0, 0.05) is 18.3 Å². The number of cyclic esters (lactones) is 1. The zero-order valence-electron chi connectivity index (χ0n) is 35.8. The van der Waals surface area contributed by atoms with Crippen LogP contribution in [-0.2, 0) is 38.1 Å². The number of ether oxygens (including phenoxy) is 4. The van der Waals surface area contributed by atoms with Gasteiger partial charge in [-0.05, 0) is 181 Å². The third-order valence-electron chi connectivity index (χ3n) is 16.5. The maximum absolute atomic E-state index is 15.1. The Kier molecular flexibility index (Phi) is 9.83. The fourth-order valence-corrected chi connectivity index (χ4v) is 14.9. The third kappa shape index (κ3) is 7.08. The first-order valence-corrected chi connectivity index (χ1v) is 22.0. The van der Waals surface area contributed by atoms with E-state index in [1.54, 1.807) is 34.6 Å². The molecule has 5 unspecified atom stereocenters. The van der Waals surface area contributed by atoms with Crippen LogP contribution in [0.2, 0.25) is 0 Å². The molecule has 55 heavy (non-hydrogen) atoms. The Hall–Kier alpha value is -2.16. The average molecular weight is 769 g/mol. The zero-order chi connectivity index (χ0) is 40.3. The zero-order valence-corrected chi connectivity index (χ0v) is 35.8. The van der Waals surface area contributed by atoms with Crippen LogP contribution in [0.3, 0.4) is 0 Å². The molecule has 9 nitrogen and oxygen atoms in total. The topological polar surface area (TPSA) is 125 Å². The molecule has 310 valence electrons. The predicted molar refractivity (Wildman–Crippen MR) is 207 cm³/mol. The molecule has 1 aliphatic heterocycles. The van der Waals surface area contributed by atoms with Gasteiger partial charge in [-0.3, -0.25) is 14.4 Å². The summed E-state index contributed by atoms with van der Waals surface area (Å²) in [5.74, 6) is 0.838. The highest BCUT2D eigenvalue weighted by molar-refractivity contribution is 5.87. The van der Waals surface area contributed by atoms with Crippen molar-refractivity contribution in [3.63, 3.8) is 0 Å². The van der Waals surface area contributed by atoms with Crippen molar-refractivity contribution in [1.29, 1.82) is 0 Å². The van der Waals surface area contributed by atoms with Gasteiger partial charge in [-0.2, -0.15) is 0 Å². The normalized spacial score (nSPS) is 40.6. The Bertz CT molecular complexity index is 1520.